The summed E-state index contributed by atoms with van der Waals surface area (Å²) in [5.41, 5.74) is 0.291. The van der Waals surface area contributed by atoms with Crippen molar-refractivity contribution < 1.29 is 14.8 Å². The van der Waals surface area contributed by atoms with Crippen LogP contribution in [0.3, 0.4) is 0 Å². The van der Waals surface area contributed by atoms with Crippen LogP contribution in [0.4, 0.5) is 5.69 Å². The zero-order valence-electron chi connectivity index (χ0n) is 11.1. The fourth-order valence-corrected chi connectivity index (χ4v) is 2.67. The lowest BCUT2D eigenvalue weighted by Crippen LogP contribution is -2.17. The SMILES string of the molecule is C[C@@H](O)c1cc(Br)cc([N+](=O)[O-])c1OC1C=CCCC1. The third-order valence-electron chi connectivity index (χ3n) is 3.19. The molecule has 1 aromatic carbocycles. The smallest absolute Gasteiger partial charge is 0.312 e. The summed E-state index contributed by atoms with van der Waals surface area (Å²) < 4.78 is 6.33. The first-order valence-corrected chi connectivity index (χ1v) is 7.27. The molecule has 5 nitrogen and oxygen atoms in total. The Morgan fingerprint density at radius 1 is 1.55 bits per heavy atom. The Labute approximate surface area is 125 Å². The topological polar surface area (TPSA) is 72.6 Å². The highest BCUT2D eigenvalue weighted by Gasteiger charge is 2.25. The molecule has 0 amide bonds. The quantitative estimate of drug-likeness (QED) is 0.512. The van der Waals surface area contributed by atoms with Crippen molar-refractivity contribution in [3.8, 4) is 5.75 Å². The fourth-order valence-electron chi connectivity index (χ4n) is 2.20. The van der Waals surface area contributed by atoms with Gasteiger partial charge in [-0.2, -0.15) is 0 Å². The van der Waals surface area contributed by atoms with Crippen molar-refractivity contribution in [1.82, 2.24) is 0 Å². The molecule has 2 atom stereocenters. The average Bonchev–Trinajstić information content (AvgIpc) is 2.41. The second-order valence-electron chi connectivity index (χ2n) is 4.79. The zero-order valence-corrected chi connectivity index (χ0v) is 12.7. The van der Waals surface area contributed by atoms with Gasteiger partial charge < -0.3 is 9.84 Å². The number of allylic oxidation sites excluding steroid dienone is 1. The molecular weight excluding hydrogens is 326 g/mol. The maximum atomic E-state index is 11.2. The molecule has 108 valence electrons. The van der Waals surface area contributed by atoms with Crippen molar-refractivity contribution in [2.45, 2.75) is 38.4 Å². The Morgan fingerprint density at radius 3 is 2.85 bits per heavy atom. The van der Waals surface area contributed by atoms with E-state index in [9.17, 15) is 15.2 Å². The van der Waals surface area contributed by atoms with Crippen LogP contribution >= 0.6 is 15.9 Å². The van der Waals surface area contributed by atoms with Crippen LogP contribution in [0.1, 0.15) is 37.9 Å². The highest BCUT2D eigenvalue weighted by molar-refractivity contribution is 9.10. The lowest BCUT2D eigenvalue weighted by Gasteiger charge is -2.21. The van der Waals surface area contributed by atoms with E-state index in [-0.39, 0.29) is 17.5 Å². The molecule has 1 unspecified atom stereocenters. The van der Waals surface area contributed by atoms with Gasteiger partial charge in [-0.15, -0.1) is 0 Å². The lowest BCUT2D eigenvalue weighted by atomic mass is 10.0. The second-order valence-corrected chi connectivity index (χ2v) is 5.71. The zero-order chi connectivity index (χ0) is 14.7. The molecule has 0 saturated heterocycles. The van der Waals surface area contributed by atoms with Gasteiger partial charge in [0.2, 0.25) is 5.75 Å². The monoisotopic (exact) mass is 341 g/mol. The summed E-state index contributed by atoms with van der Waals surface area (Å²) in [5.74, 6) is 0.157. The molecule has 20 heavy (non-hydrogen) atoms. The van der Waals surface area contributed by atoms with E-state index in [1.54, 1.807) is 13.0 Å². The van der Waals surface area contributed by atoms with Crippen molar-refractivity contribution in [3.63, 3.8) is 0 Å². The van der Waals surface area contributed by atoms with E-state index in [0.29, 0.717) is 10.0 Å². The normalized spacial score (nSPS) is 19.6. The standard InChI is InChI=1S/C14H16BrNO4/c1-9(17)12-7-10(15)8-13(16(18)19)14(12)20-11-5-3-2-4-6-11/h3,5,7-9,11,17H,2,4,6H2,1H3/t9-,11?/m1/s1. The maximum Gasteiger partial charge on any atom is 0.312 e. The van der Waals surface area contributed by atoms with Gasteiger partial charge in [0, 0.05) is 16.1 Å². The van der Waals surface area contributed by atoms with Gasteiger partial charge in [0.05, 0.1) is 11.0 Å². The second kappa shape index (κ2) is 6.37. The van der Waals surface area contributed by atoms with Gasteiger partial charge in [-0.25, -0.2) is 0 Å². The molecule has 0 bridgehead atoms. The number of nitrogens with zero attached hydrogens (tertiary/aromatic N) is 1. The molecular formula is C14H16BrNO4. The molecule has 1 aromatic rings. The molecule has 0 radical (unpaired) electrons. The van der Waals surface area contributed by atoms with Gasteiger partial charge in [-0.05, 0) is 38.3 Å². The lowest BCUT2D eigenvalue weighted by molar-refractivity contribution is -0.386. The van der Waals surface area contributed by atoms with Crippen molar-refractivity contribution in [2.75, 3.05) is 0 Å². The van der Waals surface area contributed by atoms with Crippen molar-refractivity contribution >= 4 is 21.6 Å². The highest BCUT2D eigenvalue weighted by Crippen LogP contribution is 2.39. The summed E-state index contributed by atoms with van der Waals surface area (Å²) in [6.07, 6.45) is 5.74. The summed E-state index contributed by atoms with van der Waals surface area (Å²) >= 11 is 3.22. The number of nitro groups is 1. The molecule has 0 aliphatic heterocycles. The van der Waals surface area contributed by atoms with E-state index >= 15 is 0 Å². The minimum Gasteiger partial charge on any atom is -0.479 e. The number of aliphatic hydroxyl groups excluding tert-OH is 1. The molecule has 6 heteroatoms. The van der Waals surface area contributed by atoms with Gasteiger partial charge in [-0.1, -0.05) is 22.0 Å². The third kappa shape index (κ3) is 3.37. The fraction of sp³-hybridized carbons (Fsp3) is 0.429. The van der Waals surface area contributed by atoms with Crippen LogP contribution in [0, 0.1) is 10.1 Å². The van der Waals surface area contributed by atoms with Crippen LogP contribution in [-0.4, -0.2) is 16.1 Å². The highest BCUT2D eigenvalue weighted by atomic mass is 79.9. The Morgan fingerprint density at radius 2 is 2.30 bits per heavy atom. The van der Waals surface area contributed by atoms with Crippen LogP contribution in [0.2, 0.25) is 0 Å². The number of hydrogen-bond donors (Lipinski definition) is 1. The first-order valence-electron chi connectivity index (χ1n) is 6.48. The van der Waals surface area contributed by atoms with E-state index in [2.05, 4.69) is 15.9 Å². The van der Waals surface area contributed by atoms with E-state index in [0.717, 1.165) is 19.3 Å². The summed E-state index contributed by atoms with van der Waals surface area (Å²) in [5, 5.41) is 21.0. The Hall–Kier alpha value is -1.40. The van der Waals surface area contributed by atoms with Gasteiger partial charge in [0.25, 0.3) is 0 Å². The molecule has 0 spiro atoms. The Balaban J connectivity index is 2.44. The van der Waals surface area contributed by atoms with E-state index in [1.165, 1.54) is 6.07 Å². The molecule has 1 aliphatic rings. The van der Waals surface area contributed by atoms with Gasteiger partial charge in [0.1, 0.15) is 6.10 Å². The molecule has 0 heterocycles. The Bertz CT molecular complexity index is 542. The van der Waals surface area contributed by atoms with Crippen LogP contribution in [0.15, 0.2) is 28.8 Å². The molecule has 0 aromatic heterocycles. The average molecular weight is 342 g/mol. The first kappa shape index (κ1) is 15.0. The summed E-state index contributed by atoms with van der Waals surface area (Å²) in [6.45, 7) is 1.56. The maximum absolute atomic E-state index is 11.2. The molecule has 0 fully saturated rings. The van der Waals surface area contributed by atoms with Gasteiger partial charge in [-0.3, -0.25) is 10.1 Å². The van der Waals surface area contributed by atoms with Crippen LogP contribution < -0.4 is 4.74 Å². The predicted octanol–water partition coefficient (Wildman–Crippen LogP) is 3.90. The van der Waals surface area contributed by atoms with Gasteiger partial charge in [0.15, 0.2) is 0 Å². The van der Waals surface area contributed by atoms with Crippen molar-refractivity contribution in [1.29, 1.82) is 0 Å². The van der Waals surface area contributed by atoms with E-state index in [4.69, 9.17) is 4.74 Å². The Kier molecular flexibility index (Phi) is 4.77. The van der Waals surface area contributed by atoms with Crippen molar-refractivity contribution in [2.24, 2.45) is 0 Å². The number of hydrogen-bond acceptors (Lipinski definition) is 4. The third-order valence-corrected chi connectivity index (χ3v) is 3.65. The molecule has 1 N–H and O–H groups in total. The van der Waals surface area contributed by atoms with E-state index in [1.807, 2.05) is 12.2 Å². The molecule has 1 aliphatic carbocycles. The largest absolute Gasteiger partial charge is 0.479 e. The number of aliphatic hydroxyl groups is 1. The molecule has 0 saturated carbocycles. The van der Waals surface area contributed by atoms with Crippen LogP contribution in [0.5, 0.6) is 5.75 Å². The van der Waals surface area contributed by atoms with Gasteiger partial charge >= 0.3 is 5.69 Å². The van der Waals surface area contributed by atoms with E-state index < -0.39 is 11.0 Å². The summed E-state index contributed by atoms with van der Waals surface area (Å²) in [4.78, 5) is 10.7. The summed E-state index contributed by atoms with van der Waals surface area (Å²) in [6, 6.07) is 3.05. The molecule has 2 rings (SSSR count). The minimum atomic E-state index is -0.839. The number of rotatable bonds is 4. The number of nitro benzene ring substituents is 1. The number of benzene rings is 1. The minimum absolute atomic E-state index is 0.130. The summed E-state index contributed by atoms with van der Waals surface area (Å²) in [7, 11) is 0. The first-order chi connectivity index (χ1) is 9.49. The predicted molar refractivity (Wildman–Crippen MR) is 78.8 cm³/mol. The van der Waals surface area contributed by atoms with Crippen LogP contribution in [-0.2, 0) is 0 Å². The number of halogens is 1. The van der Waals surface area contributed by atoms with Crippen LogP contribution in [0.25, 0.3) is 0 Å². The number of ether oxygens (including phenoxy) is 1. The van der Waals surface area contributed by atoms with Crippen molar-refractivity contribution in [3.05, 3.63) is 44.4 Å².